The Hall–Kier alpha value is -1.32. The van der Waals surface area contributed by atoms with Crippen molar-refractivity contribution in [2.24, 2.45) is 0 Å². The summed E-state index contributed by atoms with van der Waals surface area (Å²) in [5.74, 6) is 0.957. The van der Waals surface area contributed by atoms with E-state index in [0.29, 0.717) is 0 Å². The maximum Gasteiger partial charge on any atom is 0.119 e. The maximum atomic E-state index is 5.71. The SMILES string of the molecule is CCCCOc1ccc(C(NC)c2ccsc2C)cc1. The molecule has 1 aromatic heterocycles. The van der Waals surface area contributed by atoms with Crippen molar-refractivity contribution in [2.45, 2.75) is 32.7 Å². The fourth-order valence-electron chi connectivity index (χ4n) is 2.29. The zero-order chi connectivity index (χ0) is 14.4. The minimum atomic E-state index is 0.256. The average molecular weight is 289 g/mol. The van der Waals surface area contributed by atoms with Crippen molar-refractivity contribution >= 4 is 11.3 Å². The molecule has 1 heterocycles. The van der Waals surface area contributed by atoms with Crippen LogP contribution in [0.25, 0.3) is 0 Å². The third-order valence-electron chi connectivity index (χ3n) is 3.48. The second kappa shape index (κ2) is 7.46. The van der Waals surface area contributed by atoms with E-state index in [1.165, 1.54) is 16.0 Å². The lowest BCUT2D eigenvalue weighted by atomic mass is 9.99. The van der Waals surface area contributed by atoms with Crippen molar-refractivity contribution in [3.8, 4) is 5.75 Å². The van der Waals surface area contributed by atoms with Crippen LogP contribution < -0.4 is 10.1 Å². The summed E-state index contributed by atoms with van der Waals surface area (Å²) >= 11 is 1.79. The van der Waals surface area contributed by atoms with Crippen molar-refractivity contribution in [3.05, 3.63) is 51.7 Å². The molecule has 0 aliphatic carbocycles. The third-order valence-corrected chi connectivity index (χ3v) is 4.34. The lowest BCUT2D eigenvalue weighted by Gasteiger charge is -2.17. The number of nitrogens with one attached hydrogen (secondary N) is 1. The largest absolute Gasteiger partial charge is 0.494 e. The average Bonchev–Trinajstić information content (AvgIpc) is 2.88. The first-order chi connectivity index (χ1) is 9.76. The Morgan fingerprint density at radius 1 is 1.20 bits per heavy atom. The van der Waals surface area contributed by atoms with E-state index in [4.69, 9.17) is 4.74 Å². The molecule has 1 N–H and O–H groups in total. The molecule has 0 bridgehead atoms. The quantitative estimate of drug-likeness (QED) is 0.755. The molecular weight excluding hydrogens is 266 g/mol. The smallest absolute Gasteiger partial charge is 0.119 e. The monoisotopic (exact) mass is 289 g/mol. The van der Waals surface area contributed by atoms with Crippen molar-refractivity contribution in [1.82, 2.24) is 5.32 Å². The zero-order valence-electron chi connectivity index (χ0n) is 12.5. The summed E-state index contributed by atoms with van der Waals surface area (Å²) in [5.41, 5.74) is 2.63. The number of thiophene rings is 1. The molecule has 2 rings (SSSR count). The van der Waals surface area contributed by atoms with Gasteiger partial charge in [-0.2, -0.15) is 0 Å². The van der Waals surface area contributed by atoms with Crippen LogP contribution in [-0.4, -0.2) is 13.7 Å². The van der Waals surface area contributed by atoms with Gasteiger partial charge in [-0.05, 0) is 55.1 Å². The summed E-state index contributed by atoms with van der Waals surface area (Å²) in [4.78, 5) is 1.37. The standard InChI is InChI=1S/C17H23NOS/c1-4-5-11-19-15-8-6-14(7-9-15)17(18-3)16-10-12-20-13(16)2/h6-10,12,17-18H,4-5,11H2,1-3H3. The van der Waals surface area contributed by atoms with E-state index in [2.05, 4.69) is 54.9 Å². The molecule has 2 nitrogen and oxygen atoms in total. The van der Waals surface area contributed by atoms with Crippen LogP contribution in [0.2, 0.25) is 0 Å². The van der Waals surface area contributed by atoms with Crippen molar-refractivity contribution in [2.75, 3.05) is 13.7 Å². The molecule has 20 heavy (non-hydrogen) atoms. The van der Waals surface area contributed by atoms with E-state index in [1.54, 1.807) is 11.3 Å². The first kappa shape index (κ1) is 15.1. The fraction of sp³-hybridized carbons (Fsp3) is 0.412. The van der Waals surface area contributed by atoms with Crippen molar-refractivity contribution in [3.63, 3.8) is 0 Å². The van der Waals surface area contributed by atoms with Crippen LogP contribution in [0.1, 0.15) is 41.8 Å². The summed E-state index contributed by atoms with van der Waals surface area (Å²) in [6.45, 7) is 5.15. The molecule has 1 aromatic carbocycles. The molecule has 0 fully saturated rings. The highest BCUT2D eigenvalue weighted by Gasteiger charge is 2.14. The highest BCUT2D eigenvalue weighted by molar-refractivity contribution is 7.10. The van der Waals surface area contributed by atoms with Gasteiger partial charge in [-0.1, -0.05) is 25.5 Å². The minimum absolute atomic E-state index is 0.256. The summed E-state index contributed by atoms with van der Waals surface area (Å²) in [6.07, 6.45) is 2.27. The minimum Gasteiger partial charge on any atom is -0.494 e. The van der Waals surface area contributed by atoms with Gasteiger partial charge in [0.05, 0.1) is 12.6 Å². The topological polar surface area (TPSA) is 21.3 Å². The van der Waals surface area contributed by atoms with Crippen LogP contribution >= 0.6 is 11.3 Å². The van der Waals surface area contributed by atoms with Gasteiger partial charge in [0.1, 0.15) is 5.75 Å². The van der Waals surface area contributed by atoms with Crippen LogP contribution in [-0.2, 0) is 0 Å². The van der Waals surface area contributed by atoms with Crippen LogP contribution in [0.5, 0.6) is 5.75 Å². The lowest BCUT2D eigenvalue weighted by Crippen LogP contribution is -2.17. The van der Waals surface area contributed by atoms with Gasteiger partial charge in [0, 0.05) is 4.88 Å². The first-order valence-electron chi connectivity index (χ1n) is 7.20. The van der Waals surface area contributed by atoms with E-state index in [9.17, 15) is 0 Å². The van der Waals surface area contributed by atoms with E-state index in [-0.39, 0.29) is 6.04 Å². The third kappa shape index (κ3) is 3.62. The predicted octanol–water partition coefficient (Wildman–Crippen LogP) is 4.54. The Balaban J connectivity index is 2.10. The first-order valence-corrected chi connectivity index (χ1v) is 8.08. The molecule has 0 aliphatic heterocycles. The highest BCUT2D eigenvalue weighted by Crippen LogP contribution is 2.28. The molecule has 1 atom stereocenters. The van der Waals surface area contributed by atoms with Gasteiger partial charge in [-0.3, -0.25) is 0 Å². The van der Waals surface area contributed by atoms with E-state index < -0.39 is 0 Å². The molecule has 2 aromatic rings. The van der Waals surface area contributed by atoms with Gasteiger partial charge in [0.2, 0.25) is 0 Å². The maximum absolute atomic E-state index is 5.71. The van der Waals surface area contributed by atoms with Gasteiger partial charge in [0.15, 0.2) is 0 Å². The van der Waals surface area contributed by atoms with Crippen LogP contribution in [0.15, 0.2) is 35.7 Å². The van der Waals surface area contributed by atoms with Gasteiger partial charge < -0.3 is 10.1 Å². The predicted molar refractivity (Wildman–Crippen MR) is 86.8 cm³/mol. The molecule has 0 saturated heterocycles. The van der Waals surface area contributed by atoms with Crippen LogP contribution in [0.3, 0.4) is 0 Å². The number of unbranched alkanes of at least 4 members (excludes halogenated alkanes) is 1. The molecular formula is C17H23NOS. The number of benzene rings is 1. The molecule has 0 spiro atoms. The van der Waals surface area contributed by atoms with Crippen molar-refractivity contribution in [1.29, 1.82) is 0 Å². The van der Waals surface area contributed by atoms with Gasteiger partial charge >= 0.3 is 0 Å². The normalized spacial score (nSPS) is 12.3. The molecule has 3 heteroatoms. The van der Waals surface area contributed by atoms with Gasteiger partial charge in [-0.25, -0.2) is 0 Å². The van der Waals surface area contributed by atoms with Gasteiger partial charge in [-0.15, -0.1) is 11.3 Å². The molecule has 1 unspecified atom stereocenters. The Kier molecular flexibility index (Phi) is 5.62. The number of ether oxygens (including phenoxy) is 1. The summed E-state index contributed by atoms with van der Waals surface area (Å²) in [5, 5.41) is 5.55. The Morgan fingerprint density at radius 2 is 1.95 bits per heavy atom. The Morgan fingerprint density at radius 3 is 2.50 bits per heavy atom. The second-order valence-corrected chi connectivity index (χ2v) is 6.05. The van der Waals surface area contributed by atoms with Crippen LogP contribution in [0.4, 0.5) is 0 Å². The lowest BCUT2D eigenvalue weighted by molar-refractivity contribution is 0.309. The van der Waals surface area contributed by atoms with E-state index >= 15 is 0 Å². The molecule has 0 radical (unpaired) electrons. The molecule has 0 amide bonds. The molecule has 0 saturated carbocycles. The van der Waals surface area contributed by atoms with Crippen molar-refractivity contribution < 1.29 is 4.74 Å². The Bertz CT molecular complexity index is 518. The number of hydrogen-bond donors (Lipinski definition) is 1. The number of rotatable bonds is 7. The molecule has 0 aliphatic rings. The fourth-order valence-corrected chi connectivity index (χ4v) is 3.03. The highest BCUT2D eigenvalue weighted by atomic mass is 32.1. The van der Waals surface area contributed by atoms with Gasteiger partial charge in [0.25, 0.3) is 0 Å². The number of aryl methyl sites for hydroxylation is 1. The Labute approximate surface area is 125 Å². The molecule has 108 valence electrons. The summed E-state index contributed by atoms with van der Waals surface area (Å²) in [7, 11) is 2.01. The zero-order valence-corrected chi connectivity index (χ0v) is 13.3. The number of hydrogen-bond acceptors (Lipinski definition) is 3. The van der Waals surface area contributed by atoms with E-state index in [0.717, 1.165) is 25.2 Å². The van der Waals surface area contributed by atoms with Crippen LogP contribution in [0, 0.1) is 6.92 Å². The summed E-state index contributed by atoms with van der Waals surface area (Å²) in [6, 6.07) is 10.9. The van der Waals surface area contributed by atoms with E-state index in [1.807, 2.05) is 7.05 Å². The summed E-state index contributed by atoms with van der Waals surface area (Å²) < 4.78 is 5.71. The second-order valence-electron chi connectivity index (χ2n) is 4.92.